The Kier molecular flexibility index (Phi) is 1.27. The third kappa shape index (κ3) is 0.805. The molecule has 3 nitrogen and oxygen atoms in total. The largest absolute Gasteiger partial charge is 0.479 e. The van der Waals surface area contributed by atoms with Gasteiger partial charge >= 0.3 is 5.97 Å². The van der Waals surface area contributed by atoms with Gasteiger partial charge in [0.05, 0.1) is 0 Å². The minimum absolute atomic E-state index is 0.0324. The molecule has 0 aromatic rings. The van der Waals surface area contributed by atoms with Gasteiger partial charge < -0.3 is 10.2 Å². The fourth-order valence-electron chi connectivity index (χ4n) is 2.56. The van der Waals surface area contributed by atoms with Gasteiger partial charge in [0, 0.05) is 0 Å². The molecule has 0 aromatic carbocycles. The monoisotopic (exact) mass is 156 g/mol. The van der Waals surface area contributed by atoms with Crippen molar-refractivity contribution >= 4 is 5.97 Å². The zero-order valence-electron chi connectivity index (χ0n) is 6.29. The van der Waals surface area contributed by atoms with Crippen LogP contribution in [0.15, 0.2) is 0 Å². The average molecular weight is 156 g/mol. The summed E-state index contributed by atoms with van der Waals surface area (Å²) in [6, 6.07) is 0. The molecule has 1 unspecified atom stereocenters. The van der Waals surface area contributed by atoms with Gasteiger partial charge in [-0.1, -0.05) is 0 Å². The highest BCUT2D eigenvalue weighted by molar-refractivity contribution is 5.78. The Morgan fingerprint density at radius 1 is 1.45 bits per heavy atom. The van der Waals surface area contributed by atoms with Crippen molar-refractivity contribution in [1.29, 1.82) is 0 Å². The number of aliphatic carboxylic acids is 1. The second kappa shape index (κ2) is 1.97. The summed E-state index contributed by atoms with van der Waals surface area (Å²) in [6.45, 7) is 0. The molecule has 0 aliphatic heterocycles. The van der Waals surface area contributed by atoms with Crippen molar-refractivity contribution in [1.82, 2.24) is 0 Å². The molecule has 0 saturated heterocycles. The van der Waals surface area contributed by atoms with Gasteiger partial charge in [-0.2, -0.15) is 0 Å². The van der Waals surface area contributed by atoms with Crippen molar-refractivity contribution in [3.63, 3.8) is 0 Å². The summed E-state index contributed by atoms with van der Waals surface area (Å²) in [5, 5.41) is 18.4. The van der Waals surface area contributed by atoms with E-state index in [0.29, 0.717) is 12.3 Å². The van der Waals surface area contributed by atoms with Gasteiger partial charge in [-0.05, 0) is 37.5 Å². The second-order valence-corrected chi connectivity index (χ2v) is 3.81. The molecule has 0 radical (unpaired) electrons. The fraction of sp³-hybridized carbons (Fsp3) is 0.875. The van der Waals surface area contributed by atoms with Crippen LogP contribution in [0.5, 0.6) is 0 Å². The minimum Gasteiger partial charge on any atom is -0.479 e. The number of carboxylic acids is 1. The zero-order valence-corrected chi connectivity index (χ0v) is 6.29. The summed E-state index contributed by atoms with van der Waals surface area (Å²) < 4.78 is 0. The number of fused-ring (bicyclic) bond motifs is 2. The Morgan fingerprint density at radius 3 is 2.45 bits per heavy atom. The van der Waals surface area contributed by atoms with E-state index >= 15 is 0 Å². The van der Waals surface area contributed by atoms with Crippen LogP contribution in [0.1, 0.15) is 25.7 Å². The summed E-state index contributed by atoms with van der Waals surface area (Å²) >= 11 is 0. The van der Waals surface area contributed by atoms with E-state index in [0.717, 1.165) is 19.3 Å². The minimum atomic E-state index is -1.37. The maximum absolute atomic E-state index is 10.7. The first-order valence-corrected chi connectivity index (χ1v) is 4.08. The van der Waals surface area contributed by atoms with Crippen molar-refractivity contribution in [2.45, 2.75) is 31.3 Å². The number of hydrogen-bond donors (Lipinski definition) is 2. The normalized spacial score (nSPS) is 48.1. The maximum atomic E-state index is 10.7. The molecule has 2 rings (SSSR count). The zero-order chi connectivity index (χ0) is 8.06. The molecule has 2 bridgehead atoms. The van der Waals surface area contributed by atoms with Gasteiger partial charge in [0.25, 0.3) is 0 Å². The smallest absolute Gasteiger partial charge is 0.335 e. The lowest BCUT2D eigenvalue weighted by Gasteiger charge is -2.27. The van der Waals surface area contributed by atoms with Crippen molar-refractivity contribution in [3.8, 4) is 0 Å². The molecular weight excluding hydrogens is 144 g/mol. The van der Waals surface area contributed by atoms with E-state index in [1.54, 1.807) is 0 Å². The molecule has 2 aliphatic rings. The van der Waals surface area contributed by atoms with E-state index in [1.165, 1.54) is 0 Å². The third-order valence-electron chi connectivity index (χ3n) is 3.19. The van der Waals surface area contributed by atoms with Crippen LogP contribution in [0.25, 0.3) is 0 Å². The van der Waals surface area contributed by atoms with Crippen LogP contribution in [0.3, 0.4) is 0 Å². The summed E-state index contributed by atoms with van der Waals surface area (Å²) in [5.74, 6) is -0.518. The van der Waals surface area contributed by atoms with Crippen molar-refractivity contribution in [2.75, 3.05) is 0 Å². The molecule has 0 spiro atoms. The quantitative estimate of drug-likeness (QED) is 0.585. The van der Waals surface area contributed by atoms with Crippen LogP contribution >= 0.6 is 0 Å². The summed E-state index contributed by atoms with van der Waals surface area (Å²) in [7, 11) is 0. The van der Waals surface area contributed by atoms with Gasteiger partial charge in [0.2, 0.25) is 0 Å². The molecular formula is C8H12O3. The maximum Gasteiger partial charge on any atom is 0.335 e. The van der Waals surface area contributed by atoms with Gasteiger partial charge in [0.15, 0.2) is 5.60 Å². The molecule has 2 fully saturated rings. The van der Waals surface area contributed by atoms with Crippen LogP contribution < -0.4 is 0 Å². The first-order chi connectivity index (χ1) is 5.13. The van der Waals surface area contributed by atoms with Crippen LogP contribution in [0.2, 0.25) is 0 Å². The third-order valence-corrected chi connectivity index (χ3v) is 3.19. The van der Waals surface area contributed by atoms with E-state index in [4.69, 9.17) is 5.11 Å². The van der Waals surface area contributed by atoms with Gasteiger partial charge in [0.1, 0.15) is 0 Å². The standard InChI is InChI=1S/C8H12O3/c9-7(10)8(11)4-5-1-2-6(8)3-5/h5-6,11H,1-4H2,(H,9,10)/t5-,6+,8?/m1/s1. The number of carboxylic acid groups (broad SMARTS) is 1. The molecule has 2 N–H and O–H groups in total. The van der Waals surface area contributed by atoms with Crippen molar-refractivity contribution in [2.24, 2.45) is 11.8 Å². The first-order valence-electron chi connectivity index (χ1n) is 4.08. The van der Waals surface area contributed by atoms with E-state index in [2.05, 4.69) is 0 Å². The Hall–Kier alpha value is -0.570. The highest BCUT2D eigenvalue weighted by Crippen LogP contribution is 2.50. The van der Waals surface area contributed by atoms with E-state index < -0.39 is 11.6 Å². The Balaban J connectivity index is 2.23. The number of carbonyl (C=O) groups is 1. The highest BCUT2D eigenvalue weighted by atomic mass is 16.4. The van der Waals surface area contributed by atoms with Crippen LogP contribution in [0.4, 0.5) is 0 Å². The Labute approximate surface area is 65.0 Å². The second-order valence-electron chi connectivity index (χ2n) is 3.81. The molecule has 0 aromatic heterocycles. The van der Waals surface area contributed by atoms with E-state index in [-0.39, 0.29) is 5.92 Å². The lowest BCUT2D eigenvalue weighted by atomic mass is 9.84. The van der Waals surface area contributed by atoms with E-state index in [1.807, 2.05) is 0 Å². The topological polar surface area (TPSA) is 57.5 Å². The lowest BCUT2D eigenvalue weighted by Crippen LogP contribution is -2.43. The van der Waals surface area contributed by atoms with E-state index in [9.17, 15) is 9.90 Å². The molecule has 62 valence electrons. The van der Waals surface area contributed by atoms with Crippen molar-refractivity contribution in [3.05, 3.63) is 0 Å². The summed E-state index contributed by atoms with van der Waals surface area (Å²) in [6.07, 6.45) is 3.41. The predicted octanol–water partition coefficient (Wildman–Crippen LogP) is 0.622. The number of hydrogen-bond acceptors (Lipinski definition) is 2. The molecule has 2 aliphatic carbocycles. The summed E-state index contributed by atoms with van der Waals surface area (Å²) in [5.41, 5.74) is -1.37. The Bertz CT molecular complexity index is 202. The fourth-order valence-corrected chi connectivity index (χ4v) is 2.56. The van der Waals surface area contributed by atoms with Gasteiger partial charge in [-0.15, -0.1) is 0 Å². The molecule has 3 heteroatoms. The number of aliphatic hydroxyl groups is 1. The van der Waals surface area contributed by atoms with Crippen LogP contribution in [0, 0.1) is 11.8 Å². The first kappa shape index (κ1) is 7.10. The number of rotatable bonds is 1. The predicted molar refractivity (Wildman–Crippen MR) is 38.0 cm³/mol. The summed E-state index contributed by atoms with van der Waals surface area (Å²) in [4.78, 5) is 10.7. The molecule has 0 heterocycles. The molecule has 3 atom stereocenters. The van der Waals surface area contributed by atoms with Crippen LogP contribution in [-0.2, 0) is 4.79 Å². The molecule has 11 heavy (non-hydrogen) atoms. The van der Waals surface area contributed by atoms with Crippen molar-refractivity contribution < 1.29 is 15.0 Å². The lowest BCUT2D eigenvalue weighted by molar-refractivity contribution is -0.164. The Morgan fingerprint density at radius 2 is 2.18 bits per heavy atom. The highest BCUT2D eigenvalue weighted by Gasteiger charge is 2.54. The molecule has 2 saturated carbocycles. The molecule has 0 amide bonds. The van der Waals surface area contributed by atoms with Crippen LogP contribution in [-0.4, -0.2) is 21.8 Å². The average Bonchev–Trinajstić information content (AvgIpc) is 2.45. The van der Waals surface area contributed by atoms with Gasteiger partial charge in [-0.25, -0.2) is 4.79 Å². The van der Waals surface area contributed by atoms with Gasteiger partial charge in [-0.3, -0.25) is 0 Å². The SMILES string of the molecule is O=C(O)C1(O)C[C@@H]2CC[C@H]1C2.